The van der Waals surface area contributed by atoms with Crippen LogP contribution in [0.1, 0.15) is 6.42 Å². The van der Waals surface area contributed by atoms with Gasteiger partial charge in [0.1, 0.15) is 0 Å². The number of pyridine rings is 1. The fourth-order valence-corrected chi connectivity index (χ4v) is 1.09. The van der Waals surface area contributed by atoms with E-state index in [0.29, 0.717) is 5.82 Å². The lowest BCUT2D eigenvalue weighted by Crippen LogP contribution is -2.38. The minimum Gasteiger partial charge on any atom is -0.354 e. The number of rotatable bonds is 1. The van der Waals surface area contributed by atoms with Gasteiger partial charge in [0.05, 0.1) is 0 Å². The van der Waals surface area contributed by atoms with Crippen molar-refractivity contribution < 1.29 is 4.39 Å². The lowest BCUT2D eigenvalue weighted by Gasteiger charge is -2.31. The third kappa shape index (κ3) is 1.06. The van der Waals surface area contributed by atoms with E-state index in [1.165, 1.54) is 6.07 Å². The third-order valence-corrected chi connectivity index (χ3v) is 1.83. The van der Waals surface area contributed by atoms with Gasteiger partial charge in [-0.3, -0.25) is 0 Å². The first-order valence-electron chi connectivity index (χ1n) is 3.65. The van der Waals surface area contributed by atoms with Crippen LogP contribution in [-0.2, 0) is 0 Å². The zero-order chi connectivity index (χ0) is 7.68. The largest absolute Gasteiger partial charge is 0.354 e. The quantitative estimate of drug-likeness (QED) is 0.600. The van der Waals surface area contributed by atoms with Gasteiger partial charge in [0.2, 0.25) is 0 Å². The monoisotopic (exact) mass is 151 g/mol. The Morgan fingerprint density at radius 3 is 2.91 bits per heavy atom. The summed E-state index contributed by atoms with van der Waals surface area (Å²) in [5, 5.41) is 0. The van der Waals surface area contributed by atoms with E-state index in [9.17, 15) is 4.39 Å². The van der Waals surface area contributed by atoms with Crippen LogP contribution in [0.3, 0.4) is 0 Å². The van der Waals surface area contributed by atoms with Crippen LogP contribution in [0, 0.1) is 11.9 Å². The molecular weight excluding hydrogens is 143 g/mol. The van der Waals surface area contributed by atoms with Crippen LogP contribution in [0.25, 0.3) is 0 Å². The Morgan fingerprint density at radius 1 is 1.55 bits per heavy atom. The summed E-state index contributed by atoms with van der Waals surface area (Å²) in [4.78, 5) is 5.83. The fraction of sp³-hybridized carbons (Fsp3) is 0.375. The molecule has 1 aromatic heterocycles. The topological polar surface area (TPSA) is 16.1 Å². The maximum atomic E-state index is 12.9. The molecule has 1 aromatic rings. The Labute approximate surface area is 64.7 Å². The number of halogens is 1. The summed E-state index contributed by atoms with van der Waals surface area (Å²) < 4.78 is 12.9. The molecule has 0 unspecified atom stereocenters. The van der Waals surface area contributed by atoms with Crippen molar-refractivity contribution in [2.45, 2.75) is 6.42 Å². The highest BCUT2D eigenvalue weighted by atomic mass is 19.1. The lowest BCUT2D eigenvalue weighted by molar-refractivity contribution is 0.562. The van der Waals surface area contributed by atoms with E-state index in [1.54, 1.807) is 6.20 Å². The normalized spacial score (nSPS) is 16.3. The van der Waals surface area contributed by atoms with Crippen LogP contribution in [0.15, 0.2) is 12.3 Å². The third-order valence-electron chi connectivity index (χ3n) is 1.83. The van der Waals surface area contributed by atoms with Crippen molar-refractivity contribution in [3.05, 3.63) is 24.1 Å². The number of nitrogens with zero attached hydrogens (tertiary/aromatic N) is 2. The minimum absolute atomic E-state index is 0.341. The van der Waals surface area contributed by atoms with Crippen molar-refractivity contribution in [2.75, 3.05) is 18.0 Å². The molecule has 1 aliphatic rings. The number of aromatic nitrogens is 1. The molecule has 0 aromatic carbocycles. The molecule has 0 atom stereocenters. The molecule has 2 heterocycles. The van der Waals surface area contributed by atoms with E-state index < -0.39 is 0 Å². The van der Waals surface area contributed by atoms with Gasteiger partial charge in [-0.05, 0) is 12.5 Å². The van der Waals surface area contributed by atoms with E-state index in [4.69, 9.17) is 0 Å². The highest BCUT2D eigenvalue weighted by Crippen LogP contribution is 2.19. The zero-order valence-electron chi connectivity index (χ0n) is 6.05. The molecule has 1 aliphatic heterocycles. The first-order chi connectivity index (χ1) is 5.38. The second-order valence-corrected chi connectivity index (χ2v) is 2.57. The molecule has 0 N–H and O–H groups in total. The van der Waals surface area contributed by atoms with Crippen molar-refractivity contribution in [3.63, 3.8) is 0 Å². The molecule has 57 valence electrons. The van der Waals surface area contributed by atoms with E-state index in [0.717, 1.165) is 19.5 Å². The first-order valence-corrected chi connectivity index (χ1v) is 3.65. The number of hydrogen-bond acceptors (Lipinski definition) is 2. The molecule has 0 amide bonds. The Balaban J connectivity index is 2.28. The molecule has 11 heavy (non-hydrogen) atoms. The molecule has 2 nitrogen and oxygen atoms in total. The Kier molecular flexibility index (Phi) is 1.49. The van der Waals surface area contributed by atoms with Crippen molar-refractivity contribution in [1.82, 2.24) is 4.98 Å². The Bertz CT molecular complexity index is 258. The minimum atomic E-state index is -0.341. The Morgan fingerprint density at radius 2 is 2.36 bits per heavy atom. The summed E-state index contributed by atoms with van der Waals surface area (Å²) in [6, 6.07) is 3.96. The number of anilines is 1. The van der Waals surface area contributed by atoms with Gasteiger partial charge in [-0.25, -0.2) is 9.37 Å². The van der Waals surface area contributed by atoms with Gasteiger partial charge in [0.15, 0.2) is 11.6 Å². The van der Waals surface area contributed by atoms with Crippen molar-refractivity contribution in [2.24, 2.45) is 0 Å². The average molecular weight is 151 g/mol. The molecule has 0 spiro atoms. The predicted octanol–water partition coefficient (Wildman–Crippen LogP) is 1.23. The highest BCUT2D eigenvalue weighted by Gasteiger charge is 2.18. The van der Waals surface area contributed by atoms with Gasteiger partial charge in [0, 0.05) is 25.4 Å². The highest BCUT2D eigenvalue weighted by molar-refractivity contribution is 5.41. The van der Waals surface area contributed by atoms with E-state index in [-0.39, 0.29) is 5.82 Å². The van der Waals surface area contributed by atoms with Crippen LogP contribution in [0.2, 0.25) is 0 Å². The van der Waals surface area contributed by atoms with Crippen LogP contribution in [0.5, 0.6) is 0 Å². The molecule has 1 saturated heterocycles. The van der Waals surface area contributed by atoms with Gasteiger partial charge < -0.3 is 4.90 Å². The second kappa shape index (κ2) is 2.49. The predicted molar refractivity (Wildman–Crippen MR) is 39.9 cm³/mol. The second-order valence-electron chi connectivity index (χ2n) is 2.57. The molecule has 3 heteroatoms. The van der Waals surface area contributed by atoms with E-state index >= 15 is 0 Å². The maximum Gasteiger partial charge on any atom is 0.173 e. The van der Waals surface area contributed by atoms with Gasteiger partial charge in [0.25, 0.3) is 0 Å². The van der Waals surface area contributed by atoms with Crippen LogP contribution in [0.4, 0.5) is 10.2 Å². The SMILES string of the molecule is Fc1[c]ccnc1N1CCC1. The summed E-state index contributed by atoms with van der Waals surface area (Å²) in [5.41, 5.74) is 0. The molecular formula is C8H8FN2. The first kappa shape index (κ1) is 6.58. The fourth-order valence-electron chi connectivity index (χ4n) is 1.09. The zero-order valence-corrected chi connectivity index (χ0v) is 6.05. The molecule has 0 aliphatic carbocycles. The lowest BCUT2D eigenvalue weighted by atomic mass is 10.2. The van der Waals surface area contributed by atoms with Crippen LogP contribution >= 0.6 is 0 Å². The van der Waals surface area contributed by atoms with Gasteiger partial charge in [-0.1, -0.05) is 0 Å². The summed E-state index contributed by atoms with van der Waals surface area (Å²) in [5.74, 6) is 0.103. The Hall–Kier alpha value is -1.12. The van der Waals surface area contributed by atoms with Gasteiger partial charge >= 0.3 is 0 Å². The van der Waals surface area contributed by atoms with Crippen molar-refractivity contribution in [1.29, 1.82) is 0 Å². The smallest absolute Gasteiger partial charge is 0.173 e. The standard InChI is InChI=1S/C8H8FN2/c9-7-3-1-4-10-8(7)11-5-2-6-11/h1,4H,2,5-6H2. The van der Waals surface area contributed by atoms with Gasteiger partial charge in [-0.2, -0.15) is 0 Å². The summed E-state index contributed by atoms with van der Waals surface area (Å²) in [7, 11) is 0. The van der Waals surface area contributed by atoms with Crippen LogP contribution in [-0.4, -0.2) is 18.1 Å². The number of hydrogen-bond donors (Lipinski definition) is 0. The van der Waals surface area contributed by atoms with Crippen molar-refractivity contribution >= 4 is 5.82 Å². The van der Waals surface area contributed by atoms with Crippen LogP contribution < -0.4 is 4.90 Å². The van der Waals surface area contributed by atoms with Crippen molar-refractivity contribution in [3.8, 4) is 0 Å². The summed E-state index contributed by atoms with van der Waals surface area (Å²) in [6.45, 7) is 1.84. The van der Waals surface area contributed by atoms with Gasteiger partial charge in [-0.15, -0.1) is 0 Å². The van der Waals surface area contributed by atoms with E-state index in [1.807, 2.05) is 4.90 Å². The molecule has 0 bridgehead atoms. The molecule has 1 fully saturated rings. The summed E-state index contributed by atoms with van der Waals surface area (Å²) in [6.07, 6.45) is 2.70. The average Bonchev–Trinajstić information content (AvgIpc) is 1.90. The summed E-state index contributed by atoms with van der Waals surface area (Å²) >= 11 is 0. The maximum absolute atomic E-state index is 12.9. The molecule has 2 rings (SSSR count). The molecule has 0 saturated carbocycles. The molecule has 1 radical (unpaired) electrons. The van der Waals surface area contributed by atoms with E-state index in [2.05, 4.69) is 11.1 Å².